The predicted octanol–water partition coefficient (Wildman–Crippen LogP) is 1.75. The molecule has 0 N–H and O–H groups in total. The molecule has 0 saturated carbocycles. The van der Waals surface area contributed by atoms with Crippen LogP contribution in [-0.4, -0.2) is 28.3 Å². The summed E-state index contributed by atoms with van der Waals surface area (Å²) in [5.41, 5.74) is 0.905. The van der Waals surface area contributed by atoms with E-state index in [1.54, 1.807) is 6.92 Å². The third-order valence-electron chi connectivity index (χ3n) is 1.77. The highest BCUT2D eigenvalue weighted by Crippen LogP contribution is 2.22. The second-order valence-electron chi connectivity index (χ2n) is 3.18. The van der Waals surface area contributed by atoms with Crippen LogP contribution in [0.3, 0.4) is 0 Å². The highest BCUT2D eigenvalue weighted by Gasteiger charge is 2.15. The van der Waals surface area contributed by atoms with Gasteiger partial charge in [-0.15, -0.1) is 0 Å². The van der Waals surface area contributed by atoms with E-state index in [1.165, 1.54) is 18.9 Å². The van der Waals surface area contributed by atoms with Crippen LogP contribution in [0, 0.1) is 13.8 Å². The minimum Gasteiger partial charge on any atom is -0.468 e. The van der Waals surface area contributed by atoms with Crippen LogP contribution >= 0.6 is 11.8 Å². The Kier molecular flexibility index (Phi) is 4.08. The molecule has 1 aromatic rings. The fourth-order valence-electron chi connectivity index (χ4n) is 1.14. The number of ether oxygens (including phenoxy) is 1. The van der Waals surface area contributed by atoms with Gasteiger partial charge in [0.1, 0.15) is 16.1 Å². The van der Waals surface area contributed by atoms with Crippen LogP contribution < -0.4 is 0 Å². The van der Waals surface area contributed by atoms with Gasteiger partial charge in [0.05, 0.1) is 7.11 Å². The number of carbonyl (C=O) groups is 1. The first-order valence-corrected chi connectivity index (χ1v) is 5.47. The van der Waals surface area contributed by atoms with Crippen molar-refractivity contribution in [3.05, 3.63) is 17.6 Å². The molecule has 0 bridgehead atoms. The smallest absolute Gasteiger partial charge is 0.318 e. The fraction of sp³-hybridized carbons (Fsp3) is 0.500. The van der Waals surface area contributed by atoms with Crippen molar-refractivity contribution < 1.29 is 9.53 Å². The molecule has 1 aromatic heterocycles. The van der Waals surface area contributed by atoms with Gasteiger partial charge in [0.25, 0.3) is 0 Å². The van der Waals surface area contributed by atoms with Crippen LogP contribution in [0.5, 0.6) is 0 Å². The van der Waals surface area contributed by atoms with Crippen molar-refractivity contribution in [1.82, 2.24) is 9.97 Å². The number of hydrogen-bond acceptors (Lipinski definition) is 5. The first kappa shape index (κ1) is 12.0. The lowest BCUT2D eigenvalue weighted by molar-refractivity contribution is -0.139. The lowest BCUT2D eigenvalue weighted by Crippen LogP contribution is -2.14. The molecule has 15 heavy (non-hydrogen) atoms. The maximum absolute atomic E-state index is 11.2. The van der Waals surface area contributed by atoms with Crippen LogP contribution in [0.25, 0.3) is 0 Å². The van der Waals surface area contributed by atoms with Gasteiger partial charge < -0.3 is 4.74 Å². The van der Waals surface area contributed by atoms with Gasteiger partial charge in [-0.2, -0.15) is 0 Å². The Morgan fingerprint density at radius 2 is 2.13 bits per heavy atom. The molecule has 0 spiro atoms. The molecule has 0 aromatic carbocycles. The Hall–Kier alpha value is -1.10. The number of esters is 1. The van der Waals surface area contributed by atoms with Gasteiger partial charge in [0.2, 0.25) is 0 Å². The summed E-state index contributed by atoms with van der Waals surface area (Å²) in [7, 11) is 1.38. The third-order valence-corrected chi connectivity index (χ3v) is 2.77. The summed E-state index contributed by atoms with van der Waals surface area (Å²) in [5, 5.41) is 0.557. The average Bonchev–Trinajstić information content (AvgIpc) is 2.14. The van der Waals surface area contributed by atoms with Gasteiger partial charge in [-0.25, -0.2) is 9.97 Å². The van der Waals surface area contributed by atoms with E-state index in [4.69, 9.17) is 0 Å². The average molecular weight is 226 g/mol. The number of hydrogen-bond donors (Lipinski definition) is 0. The molecular weight excluding hydrogens is 212 g/mol. The molecule has 0 saturated heterocycles. The molecule has 0 unspecified atom stereocenters. The van der Waals surface area contributed by atoms with E-state index in [0.29, 0.717) is 0 Å². The molecule has 0 aliphatic rings. The van der Waals surface area contributed by atoms with Crippen molar-refractivity contribution in [2.75, 3.05) is 7.11 Å². The van der Waals surface area contributed by atoms with Gasteiger partial charge >= 0.3 is 5.97 Å². The van der Waals surface area contributed by atoms with E-state index in [9.17, 15) is 4.79 Å². The Labute approximate surface area is 93.5 Å². The number of rotatable bonds is 3. The highest BCUT2D eigenvalue weighted by atomic mass is 32.2. The van der Waals surface area contributed by atoms with Crippen molar-refractivity contribution in [3.63, 3.8) is 0 Å². The van der Waals surface area contributed by atoms with Crippen LogP contribution in [0.2, 0.25) is 0 Å². The SMILES string of the molecule is COC(=O)[C@H](C)Sc1cc(C)nc(C)n1. The van der Waals surface area contributed by atoms with E-state index in [1.807, 2.05) is 19.9 Å². The van der Waals surface area contributed by atoms with Crippen molar-refractivity contribution in [2.24, 2.45) is 0 Å². The first-order chi connectivity index (χ1) is 7.02. The normalized spacial score (nSPS) is 12.3. The number of aryl methyl sites for hydroxylation is 2. The molecule has 0 radical (unpaired) electrons. The zero-order valence-corrected chi connectivity index (χ0v) is 10.1. The Balaban J connectivity index is 2.76. The molecule has 1 atom stereocenters. The molecule has 82 valence electrons. The van der Waals surface area contributed by atoms with Gasteiger partial charge in [0, 0.05) is 5.69 Å². The van der Waals surface area contributed by atoms with E-state index < -0.39 is 0 Å². The number of aromatic nitrogens is 2. The number of carbonyl (C=O) groups excluding carboxylic acids is 1. The quantitative estimate of drug-likeness (QED) is 0.446. The zero-order valence-electron chi connectivity index (χ0n) is 9.27. The van der Waals surface area contributed by atoms with E-state index in [2.05, 4.69) is 14.7 Å². The standard InChI is InChI=1S/C10H14N2O2S/c1-6-5-9(12-8(3)11-6)15-7(2)10(13)14-4/h5,7H,1-4H3/t7-/m0/s1. The van der Waals surface area contributed by atoms with Crippen LogP contribution in [0.1, 0.15) is 18.4 Å². The summed E-state index contributed by atoms with van der Waals surface area (Å²) in [5.74, 6) is 0.475. The van der Waals surface area contributed by atoms with E-state index in [-0.39, 0.29) is 11.2 Å². The Bertz CT molecular complexity index is 348. The second-order valence-corrected chi connectivity index (χ2v) is 4.54. The fourth-order valence-corrected chi connectivity index (χ4v) is 2.12. The first-order valence-electron chi connectivity index (χ1n) is 4.59. The predicted molar refractivity (Wildman–Crippen MR) is 58.8 cm³/mol. The minimum atomic E-state index is -0.247. The van der Waals surface area contributed by atoms with Crippen molar-refractivity contribution in [3.8, 4) is 0 Å². The molecule has 1 rings (SSSR count). The number of nitrogens with zero attached hydrogens (tertiary/aromatic N) is 2. The van der Waals surface area contributed by atoms with Crippen molar-refractivity contribution >= 4 is 17.7 Å². The Morgan fingerprint density at radius 1 is 1.47 bits per heavy atom. The molecular formula is C10H14N2O2S. The minimum absolute atomic E-state index is 0.242. The topological polar surface area (TPSA) is 52.1 Å². The summed E-state index contributed by atoms with van der Waals surface area (Å²) < 4.78 is 4.64. The Morgan fingerprint density at radius 3 is 2.67 bits per heavy atom. The van der Waals surface area contributed by atoms with Crippen molar-refractivity contribution in [1.29, 1.82) is 0 Å². The summed E-state index contributed by atoms with van der Waals surface area (Å²) >= 11 is 1.38. The van der Waals surface area contributed by atoms with E-state index >= 15 is 0 Å². The van der Waals surface area contributed by atoms with Gasteiger partial charge in [0.15, 0.2) is 0 Å². The summed E-state index contributed by atoms with van der Waals surface area (Å²) in [6, 6.07) is 1.86. The molecule has 5 heteroatoms. The van der Waals surface area contributed by atoms with Crippen LogP contribution in [-0.2, 0) is 9.53 Å². The number of thioether (sulfide) groups is 1. The maximum Gasteiger partial charge on any atom is 0.318 e. The lowest BCUT2D eigenvalue weighted by Gasteiger charge is -2.08. The van der Waals surface area contributed by atoms with Crippen molar-refractivity contribution in [2.45, 2.75) is 31.0 Å². The molecule has 0 amide bonds. The molecule has 0 aliphatic carbocycles. The third kappa shape index (κ3) is 3.51. The molecule has 0 fully saturated rings. The monoisotopic (exact) mass is 226 g/mol. The second kappa shape index (κ2) is 5.11. The largest absolute Gasteiger partial charge is 0.468 e. The number of methoxy groups -OCH3 is 1. The summed E-state index contributed by atoms with van der Waals surface area (Å²) in [6.07, 6.45) is 0. The lowest BCUT2D eigenvalue weighted by atomic mass is 10.4. The summed E-state index contributed by atoms with van der Waals surface area (Å²) in [6.45, 7) is 5.53. The molecule has 1 heterocycles. The zero-order chi connectivity index (χ0) is 11.4. The van der Waals surface area contributed by atoms with Gasteiger partial charge in [-0.3, -0.25) is 4.79 Å². The van der Waals surface area contributed by atoms with Crippen LogP contribution in [0.4, 0.5) is 0 Å². The van der Waals surface area contributed by atoms with Crippen LogP contribution in [0.15, 0.2) is 11.1 Å². The van der Waals surface area contributed by atoms with Gasteiger partial charge in [-0.05, 0) is 26.8 Å². The maximum atomic E-state index is 11.2. The van der Waals surface area contributed by atoms with Gasteiger partial charge in [-0.1, -0.05) is 11.8 Å². The molecule has 4 nitrogen and oxygen atoms in total. The summed E-state index contributed by atoms with van der Waals surface area (Å²) in [4.78, 5) is 19.6. The van der Waals surface area contributed by atoms with E-state index in [0.717, 1.165) is 16.5 Å². The highest BCUT2D eigenvalue weighted by molar-refractivity contribution is 8.00. The molecule has 0 aliphatic heterocycles.